The Morgan fingerprint density at radius 3 is 2.47 bits per heavy atom. The fourth-order valence-corrected chi connectivity index (χ4v) is 1.80. The van der Waals surface area contributed by atoms with Crippen molar-refractivity contribution in [2.45, 2.75) is 24.8 Å². The fraction of sp³-hybridized carbons (Fsp3) is 0.889. The van der Waals surface area contributed by atoms with Gasteiger partial charge >= 0.3 is 6.03 Å². The molecule has 6 heteroatoms. The van der Waals surface area contributed by atoms with Crippen molar-refractivity contribution in [2.75, 3.05) is 26.3 Å². The van der Waals surface area contributed by atoms with Crippen LogP contribution in [-0.2, 0) is 4.74 Å². The number of hydrogen-bond acceptors (Lipinski definition) is 2. The van der Waals surface area contributed by atoms with Gasteiger partial charge in [-0.15, -0.1) is 0 Å². The van der Waals surface area contributed by atoms with Crippen LogP contribution in [0, 0.1) is 0 Å². The van der Waals surface area contributed by atoms with Crippen LogP contribution in [0.3, 0.4) is 0 Å². The number of halogens is 2. The predicted molar refractivity (Wildman–Crippen MR) is 48.9 cm³/mol. The average molecular weight is 220 g/mol. The molecule has 0 radical (unpaired) electrons. The first-order chi connectivity index (χ1) is 7.07. The van der Waals surface area contributed by atoms with Gasteiger partial charge in [0.1, 0.15) is 0 Å². The number of carbonyl (C=O) groups excluding carboxylic acids is 1. The molecule has 0 aromatic carbocycles. The van der Waals surface area contributed by atoms with Crippen LogP contribution in [0.25, 0.3) is 0 Å². The highest BCUT2D eigenvalue weighted by molar-refractivity contribution is 5.74. The van der Waals surface area contributed by atoms with Crippen LogP contribution in [0.15, 0.2) is 0 Å². The second kappa shape index (κ2) is 3.92. The molecule has 4 nitrogen and oxygen atoms in total. The van der Waals surface area contributed by atoms with E-state index >= 15 is 0 Å². The third-order valence-corrected chi connectivity index (χ3v) is 2.72. The Balaban J connectivity index is 1.73. The second-order valence-corrected chi connectivity index (χ2v) is 4.01. The van der Waals surface area contributed by atoms with E-state index in [0.29, 0.717) is 26.3 Å². The molecule has 1 aliphatic carbocycles. The summed E-state index contributed by atoms with van der Waals surface area (Å²) < 4.78 is 30.1. The number of nitrogens with one attached hydrogen (secondary N) is 1. The lowest BCUT2D eigenvalue weighted by Gasteiger charge is -2.37. The van der Waals surface area contributed by atoms with Crippen molar-refractivity contribution in [1.82, 2.24) is 10.2 Å². The number of morpholine rings is 1. The van der Waals surface area contributed by atoms with E-state index in [2.05, 4.69) is 5.32 Å². The van der Waals surface area contributed by atoms with Gasteiger partial charge in [0.2, 0.25) is 0 Å². The first-order valence-corrected chi connectivity index (χ1v) is 5.08. The highest BCUT2D eigenvalue weighted by atomic mass is 19.3. The molecule has 0 aromatic heterocycles. The molecular formula is C9H14F2N2O2. The molecule has 2 amide bonds. The minimum absolute atomic E-state index is 0.233. The van der Waals surface area contributed by atoms with E-state index in [-0.39, 0.29) is 24.9 Å². The van der Waals surface area contributed by atoms with Crippen LogP contribution in [0.5, 0.6) is 0 Å². The van der Waals surface area contributed by atoms with Crippen molar-refractivity contribution in [3.05, 3.63) is 0 Å². The topological polar surface area (TPSA) is 41.6 Å². The molecule has 1 saturated carbocycles. The zero-order valence-electron chi connectivity index (χ0n) is 8.34. The van der Waals surface area contributed by atoms with Gasteiger partial charge in [-0.05, 0) is 0 Å². The van der Waals surface area contributed by atoms with Crippen molar-refractivity contribution in [1.29, 1.82) is 0 Å². The summed E-state index contributed by atoms with van der Waals surface area (Å²) >= 11 is 0. The highest BCUT2D eigenvalue weighted by Crippen LogP contribution is 2.37. The van der Waals surface area contributed by atoms with Crippen LogP contribution in [0.4, 0.5) is 13.6 Å². The van der Waals surface area contributed by atoms with Gasteiger partial charge < -0.3 is 15.0 Å². The number of alkyl halides is 2. The Morgan fingerprint density at radius 2 is 1.93 bits per heavy atom. The Kier molecular flexibility index (Phi) is 2.77. The van der Waals surface area contributed by atoms with Gasteiger partial charge in [0, 0.05) is 32.0 Å². The summed E-state index contributed by atoms with van der Waals surface area (Å²) in [6, 6.07) is -0.617. The molecule has 1 heterocycles. The first kappa shape index (κ1) is 10.6. The number of rotatable bonds is 1. The first-order valence-electron chi connectivity index (χ1n) is 5.08. The van der Waals surface area contributed by atoms with Crippen LogP contribution in [-0.4, -0.2) is 49.2 Å². The predicted octanol–water partition coefficient (Wildman–Crippen LogP) is 0.826. The summed E-state index contributed by atoms with van der Waals surface area (Å²) in [5, 5.41) is 2.59. The molecule has 0 atom stereocenters. The largest absolute Gasteiger partial charge is 0.378 e. The quantitative estimate of drug-likeness (QED) is 0.711. The number of carbonyl (C=O) groups is 1. The van der Waals surface area contributed by atoms with E-state index in [4.69, 9.17) is 4.74 Å². The van der Waals surface area contributed by atoms with Crippen LogP contribution in [0.1, 0.15) is 12.8 Å². The number of amides is 2. The molecule has 1 aliphatic heterocycles. The van der Waals surface area contributed by atoms with E-state index in [1.54, 1.807) is 4.90 Å². The SMILES string of the molecule is O=C(NC1CC(F)(F)C1)N1CCOCC1. The van der Waals surface area contributed by atoms with Crippen molar-refractivity contribution < 1.29 is 18.3 Å². The third kappa shape index (κ3) is 2.56. The molecule has 2 rings (SSSR count). The summed E-state index contributed by atoms with van der Waals surface area (Å²) in [4.78, 5) is 13.1. The van der Waals surface area contributed by atoms with Crippen molar-refractivity contribution >= 4 is 6.03 Å². The monoisotopic (exact) mass is 220 g/mol. The molecule has 86 valence electrons. The molecule has 0 bridgehead atoms. The van der Waals surface area contributed by atoms with Gasteiger partial charge in [-0.25, -0.2) is 13.6 Å². The van der Waals surface area contributed by atoms with E-state index in [0.717, 1.165) is 0 Å². The van der Waals surface area contributed by atoms with Gasteiger partial charge in [0.05, 0.1) is 13.2 Å². The number of ether oxygens (including phenoxy) is 1. The maximum Gasteiger partial charge on any atom is 0.317 e. The molecule has 2 fully saturated rings. The molecule has 0 unspecified atom stereocenters. The van der Waals surface area contributed by atoms with Crippen molar-refractivity contribution in [3.63, 3.8) is 0 Å². The summed E-state index contributed by atoms with van der Waals surface area (Å²) in [6.07, 6.45) is -0.466. The lowest BCUT2D eigenvalue weighted by molar-refractivity contribution is -0.0906. The summed E-state index contributed by atoms with van der Waals surface area (Å²) in [6.45, 7) is 2.12. The normalized spacial score (nSPS) is 25.9. The number of nitrogens with zero attached hydrogens (tertiary/aromatic N) is 1. The lowest BCUT2D eigenvalue weighted by atomic mass is 9.88. The standard InChI is InChI=1S/C9H14F2N2O2/c10-9(11)5-7(6-9)12-8(14)13-1-3-15-4-2-13/h7H,1-6H2,(H,12,14). The highest BCUT2D eigenvalue weighted by Gasteiger charge is 2.46. The average Bonchev–Trinajstić information content (AvgIpc) is 2.16. The van der Waals surface area contributed by atoms with E-state index in [1.807, 2.05) is 0 Å². The van der Waals surface area contributed by atoms with Crippen molar-refractivity contribution in [2.24, 2.45) is 0 Å². The molecule has 15 heavy (non-hydrogen) atoms. The molecule has 0 aromatic rings. The Hall–Kier alpha value is -0.910. The molecule has 0 spiro atoms. The molecule has 2 aliphatic rings. The number of urea groups is 1. The molecular weight excluding hydrogens is 206 g/mol. The van der Waals surface area contributed by atoms with Crippen LogP contribution in [0.2, 0.25) is 0 Å². The van der Waals surface area contributed by atoms with E-state index < -0.39 is 5.92 Å². The van der Waals surface area contributed by atoms with Gasteiger partial charge in [-0.1, -0.05) is 0 Å². The maximum atomic E-state index is 12.5. The van der Waals surface area contributed by atoms with Gasteiger partial charge in [-0.3, -0.25) is 0 Å². The summed E-state index contributed by atoms with van der Waals surface area (Å²) in [5.74, 6) is -2.58. The van der Waals surface area contributed by atoms with E-state index in [1.165, 1.54) is 0 Å². The van der Waals surface area contributed by atoms with Gasteiger partial charge in [0.15, 0.2) is 0 Å². The Labute approximate surface area is 86.6 Å². The third-order valence-electron chi connectivity index (χ3n) is 2.72. The van der Waals surface area contributed by atoms with Crippen molar-refractivity contribution in [3.8, 4) is 0 Å². The fourth-order valence-electron chi connectivity index (χ4n) is 1.80. The Morgan fingerprint density at radius 1 is 1.33 bits per heavy atom. The zero-order valence-corrected chi connectivity index (χ0v) is 8.34. The summed E-state index contributed by atoms with van der Waals surface area (Å²) in [7, 11) is 0. The second-order valence-electron chi connectivity index (χ2n) is 4.01. The number of hydrogen-bond donors (Lipinski definition) is 1. The molecule has 1 saturated heterocycles. The lowest BCUT2D eigenvalue weighted by Crippen LogP contribution is -2.55. The molecule has 1 N–H and O–H groups in total. The zero-order chi connectivity index (χ0) is 10.9. The van der Waals surface area contributed by atoms with Gasteiger partial charge in [-0.2, -0.15) is 0 Å². The smallest absolute Gasteiger partial charge is 0.317 e. The minimum atomic E-state index is -2.58. The Bertz CT molecular complexity index is 246. The van der Waals surface area contributed by atoms with E-state index in [9.17, 15) is 13.6 Å². The maximum absolute atomic E-state index is 12.5. The minimum Gasteiger partial charge on any atom is -0.378 e. The van der Waals surface area contributed by atoms with Crippen LogP contribution < -0.4 is 5.32 Å². The van der Waals surface area contributed by atoms with Crippen LogP contribution >= 0.6 is 0 Å². The van der Waals surface area contributed by atoms with Gasteiger partial charge in [0.25, 0.3) is 5.92 Å². The summed E-state index contributed by atoms with van der Waals surface area (Å²) in [5.41, 5.74) is 0.